The molecule has 0 unspecified atom stereocenters. The molecule has 1 aromatic rings. The molecule has 4 N–H and O–H groups in total. The second-order valence-electron chi connectivity index (χ2n) is 3.51. The number of hydrogen-bond donors (Lipinski definition) is 3. The van der Waals surface area contributed by atoms with Crippen LogP contribution in [0.5, 0.6) is 0 Å². The maximum absolute atomic E-state index is 5.36. The average molecular weight is 183 g/mol. The third kappa shape index (κ3) is 3.78. The molecule has 0 aliphatic rings. The van der Waals surface area contributed by atoms with E-state index in [2.05, 4.69) is 34.3 Å². The molecule has 1 rings (SSSR count). The highest BCUT2D eigenvalue weighted by Gasteiger charge is 1.98. The quantitative estimate of drug-likeness (QED) is 0.600. The minimum atomic E-state index is 0.353. The third-order valence-electron chi connectivity index (χ3n) is 1.74. The highest BCUT2D eigenvalue weighted by atomic mass is 15.3. The Morgan fingerprint density at radius 1 is 1.54 bits per heavy atom. The molecule has 13 heavy (non-hydrogen) atoms. The summed E-state index contributed by atoms with van der Waals surface area (Å²) in [6, 6.07) is 0. The summed E-state index contributed by atoms with van der Waals surface area (Å²) in [6.45, 7) is 5.32. The van der Waals surface area contributed by atoms with Crippen molar-refractivity contribution >= 4 is 11.9 Å². The van der Waals surface area contributed by atoms with Crippen molar-refractivity contribution in [2.45, 2.75) is 26.7 Å². The minimum absolute atomic E-state index is 0.353. The van der Waals surface area contributed by atoms with Gasteiger partial charge in [0.15, 0.2) is 0 Å². The van der Waals surface area contributed by atoms with Gasteiger partial charge in [-0.3, -0.25) is 0 Å². The molecule has 0 aromatic carbocycles. The van der Waals surface area contributed by atoms with E-state index in [4.69, 9.17) is 5.73 Å². The lowest BCUT2D eigenvalue weighted by atomic mass is 10.1. The lowest BCUT2D eigenvalue weighted by Crippen LogP contribution is -2.04. The number of nitrogens with two attached hydrogens (primary N) is 1. The van der Waals surface area contributed by atoms with Gasteiger partial charge in [0.1, 0.15) is 0 Å². The van der Waals surface area contributed by atoms with E-state index in [1.165, 1.54) is 6.42 Å². The van der Waals surface area contributed by atoms with Crippen molar-refractivity contribution < 1.29 is 0 Å². The molecule has 0 bridgehead atoms. The van der Waals surface area contributed by atoms with Crippen molar-refractivity contribution in [3.63, 3.8) is 0 Å². The van der Waals surface area contributed by atoms with Gasteiger partial charge in [0, 0.05) is 6.54 Å². The van der Waals surface area contributed by atoms with Crippen LogP contribution in [0.15, 0.2) is 0 Å². The first-order chi connectivity index (χ1) is 6.18. The van der Waals surface area contributed by atoms with Crippen LogP contribution in [0.2, 0.25) is 0 Å². The molecular weight excluding hydrogens is 166 g/mol. The Balaban J connectivity index is 2.13. The van der Waals surface area contributed by atoms with Gasteiger partial charge in [0.2, 0.25) is 11.9 Å². The van der Waals surface area contributed by atoms with Crippen molar-refractivity contribution in [3.05, 3.63) is 0 Å². The molecule has 0 spiro atoms. The summed E-state index contributed by atoms with van der Waals surface area (Å²) < 4.78 is 0. The van der Waals surface area contributed by atoms with Crippen LogP contribution in [-0.4, -0.2) is 21.7 Å². The zero-order valence-electron chi connectivity index (χ0n) is 8.17. The molecule has 0 aliphatic carbocycles. The van der Waals surface area contributed by atoms with Gasteiger partial charge in [-0.2, -0.15) is 4.98 Å². The molecule has 0 saturated heterocycles. The first-order valence-corrected chi connectivity index (χ1v) is 4.60. The van der Waals surface area contributed by atoms with E-state index in [1.54, 1.807) is 0 Å². The van der Waals surface area contributed by atoms with Gasteiger partial charge in [0.25, 0.3) is 0 Å². The van der Waals surface area contributed by atoms with Gasteiger partial charge in [-0.1, -0.05) is 13.8 Å². The SMILES string of the molecule is CC(C)CCCNc1n[nH]c(N)n1. The molecule has 0 radical (unpaired) electrons. The molecule has 5 nitrogen and oxygen atoms in total. The summed E-state index contributed by atoms with van der Waals surface area (Å²) in [5, 5.41) is 9.52. The van der Waals surface area contributed by atoms with E-state index in [0.717, 1.165) is 18.9 Å². The summed E-state index contributed by atoms with van der Waals surface area (Å²) in [5.74, 6) is 1.69. The lowest BCUT2D eigenvalue weighted by Gasteiger charge is -2.03. The van der Waals surface area contributed by atoms with Crippen molar-refractivity contribution in [2.24, 2.45) is 5.92 Å². The highest BCUT2D eigenvalue weighted by molar-refractivity contribution is 5.29. The lowest BCUT2D eigenvalue weighted by molar-refractivity contribution is 0.566. The standard InChI is InChI=1S/C8H17N5/c1-6(2)4-3-5-10-8-11-7(9)12-13-8/h6H,3-5H2,1-2H3,(H4,9,10,11,12,13). The van der Waals surface area contributed by atoms with Crippen LogP contribution in [0.4, 0.5) is 11.9 Å². The number of aromatic amines is 1. The average Bonchev–Trinajstić information content (AvgIpc) is 2.45. The number of rotatable bonds is 5. The first kappa shape index (κ1) is 9.83. The van der Waals surface area contributed by atoms with Gasteiger partial charge in [-0.25, -0.2) is 5.10 Å². The van der Waals surface area contributed by atoms with Crippen LogP contribution in [0.1, 0.15) is 26.7 Å². The minimum Gasteiger partial charge on any atom is -0.368 e. The zero-order valence-corrected chi connectivity index (χ0v) is 8.17. The normalized spacial score (nSPS) is 10.7. The van der Waals surface area contributed by atoms with Crippen LogP contribution in [0, 0.1) is 5.92 Å². The van der Waals surface area contributed by atoms with Crippen molar-refractivity contribution in [3.8, 4) is 0 Å². The molecule has 0 aliphatic heterocycles. The summed E-state index contributed by atoms with van der Waals surface area (Å²) in [5.41, 5.74) is 5.36. The molecule has 0 atom stereocenters. The van der Waals surface area contributed by atoms with Crippen LogP contribution >= 0.6 is 0 Å². The molecule has 1 aromatic heterocycles. The zero-order chi connectivity index (χ0) is 9.68. The summed E-state index contributed by atoms with van der Waals surface area (Å²) in [7, 11) is 0. The van der Waals surface area contributed by atoms with Crippen LogP contribution < -0.4 is 11.1 Å². The van der Waals surface area contributed by atoms with Crippen molar-refractivity contribution in [1.29, 1.82) is 0 Å². The fourth-order valence-electron chi connectivity index (χ4n) is 1.06. The predicted octanol–water partition coefficient (Wildman–Crippen LogP) is 1.23. The molecule has 1 heterocycles. The number of nitrogens with one attached hydrogen (secondary N) is 2. The Kier molecular flexibility index (Phi) is 3.54. The topological polar surface area (TPSA) is 79.6 Å². The monoisotopic (exact) mass is 183 g/mol. The van der Waals surface area contributed by atoms with E-state index in [-0.39, 0.29) is 0 Å². The van der Waals surface area contributed by atoms with E-state index in [1.807, 2.05) is 0 Å². The second-order valence-corrected chi connectivity index (χ2v) is 3.51. The Hall–Kier alpha value is -1.26. The molecular formula is C8H17N5. The molecule has 0 saturated carbocycles. The fraction of sp³-hybridized carbons (Fsp3) is 0.750. The maximum Gasteiger partial charge on any atom is 0.243 e. The first-order valence-electron chi connectivity index (χ1n) is 4.60. The van der Waals surface area contributed by atoms with Gasteiger partial charge in [-0.05, 0) is 18.8 Å². The number of anilines is 2. The smallest absolute Gasteiger partial charge is 0.243 e. The second kappa shape index (κ2) is 4.69. The van der Waals surface area contributed by atoms with Crippen LogP contribution in [-0.2, 0) is 0 Å². The molecule has 74 valence electrons. The number of nitrogens with zero attached hydrogens (tertiary/aromatic N) is 2. The summed E-state index contributed by atoms with van der Waals surface area (Å²) in [6.07, 6.45) is 2.35. The summed E-state index contributed by atoms with van der Waals surface area (Å²) >= 11 is 0. The van der Waals surface area contributed by atoms with Gasteiger partial charge in [0.05, 0.1) is 0 Å². The van der Waals surface area contributed by atoms with Crippen LogP contribution in [0.3, 0.4) is 0 Å². The number of H-pyrrole nitrogens is 1. The van der Waals surface area contributed by atoms with Crippen molar-refractivity contribution in [2.75, 3.05) is 17.6 Å². The van der Waals surface area contributed by atoms with Gasteiger partial charge >= 0.3 is 0 Å². The Morgan fingerprint density at radius 3 is 2.85 bits per heavy atom. The van der Waals surface area contributed by atoms with Crippen molar-refractivity contribution in [1.82, 2.24) is 15.2 Å². The Labute approximate surface area is 78.1 Å². The number of hydrogen-bond acceptors (Lipinski definition) is 4. The number of nitrogen functional groups attached to an aromatic ring is 1. The largest absolute Gasteiger partial charge is 0.368 e. The van der Waals surface area contributed by atoms with Gasteiger partial charge < -0.3 is 11.1 Å². The maximum atomic E-state index is 5.36. The summed E-state index contributed by atoms with van der Waals surface area (Å²) in [4.78, 5) is 3.93. The highest BCUT2D eigenvalue weighted by Crippen LogP contribution is 2.04. The molecule has 5 heteroatoms. The van der Waals surface area contributed by atoms with E-state index >= 15 is 0 Å². The molecule has 0 amide bonds. The third-order valence-corrected chi connectivity index (χ3v) is 1.74. The van der Waals surface area contributed by atoms with E-state index in [0.29, 0.717) is 11.9 Å². The number of aromatic nitrogens is 3. The van der Waals surface area contributed by atoms with E-state index < -0.39 is 0 Å². The Bertz CT molecular complexity index is 242. The molecule has 0 fully saturated rings. The Morgan fingerprint density at radius 2 is 2.31 bits per heavy atom. The predicted molar refractivity (Wildman–Crippen MR) is 53.4 cm³/mol. The van der Waals surface area contributed by atoms with Crippen LogP contribution in [0.25, 0.3) is 0 Å². The van der Waals surface area contributed by atoms with E-state index in [9.17, 15) is 0 Å². The van der Waals surface area contributed by atoms with Gasteiger partial charge in [-0.15, -0.1) is 5.10 Å². The fourth-order valence-corrected chi connectivity index (χ4v) is 1.06.